The van der Waals surface area contributed by atoms with Gasteiger partial charge in [-0.15, -0.1) is 12.4 Å². The van der Waals surface area contributed by atoms with Crippen molar-refractivity contribution < 1.29 is 10.2 Å². The smallest absolute Gasteiger partial charge is 0.233 e. The monoisotopic (exact) mass is 1430 g/mol. The number of nitrogens with two attached hydrogens (primary N) is 6. The van der Waals surface area contributed by atoms with E-state index in [0.717, 1.165) is 80.6 Å². The lowest BCUT2D eigenvalue weighted by Gasteiger charge is -2.13. The molecule has 8 aromatic carbocycles. The van der Waals surface area contributed by atoms with Gasteiger partial charge < -0.3 is 108 Å². The summed E-state index contributed by atoms with van der Waals surface area (Å²) in [5.41, 5.74) is 48.5. The van der Waals surface area contributed by atoms with Crippen molar-refractivity contribution in [3.63, 3.8) is 0 Å². The first-order chi connectivity index (χ1) is 50.7. The van der Waals surface area contributed by atoms with Crippen molar-refractivity contribution in [1.29, 1.82) is 0 Å². The van der Waals surface area contributed by atoms with E-state index in [1.807, 2.05) is 170 Å². The zero-order chi connectivity index (χ0) is 72.2. The molecule has 32 nitrogen and oxygen atoms in total. The summed E-state index contributed by atoms with van der Waals surface area (Å²) < 4.78 is 0. The van der Waals surface area contributed by atoms with E-state index in [-0.39, 0.29) is 25.6 Å². The SMILES string of the molecule is Cl.Nc1ccc(CCNc2nc(Nc3ccc(CCNc4nc(NCCO)nc(Nc5cccc(N)c5)n4)cc3)nc(Nc3cccc(N)c3)n2)cc1.Nc1ccc(CCNc2nc(Nc3ccc(CCNc4nc(NCCO)nc(Nc5cccc(N)c5)n4)cc3)nc(Nc3cccc(N)c3)n2)cc1. The number of nitrogens with zero attached hydrogens (tertiary/aromatic N) is 12. The van der Waals surface area contributed by atoms with Crippen LogP contribution in [0.25, 0.3) is 0 Å². The molecule has 0 atom stereocenters. The molecule has 0 aliphatic rings. The van der Waals surface area contributed by atoms with Gasteiger partial charge in [0.1, 0.15) is 0 Å². The molecule has 105 heavy (non-hydrogen) atoms. The summed E-state index contributed by atoms with van der Waals surface area (Å²) in [5, 5.41) is 57.0. The van der Waals surface area contributed by atoms with E-state index in [0.29, 0.717) is 146 Å². The summed E-state index contributed by atoms with van der Waals surface area (Å²) in [6.45, 7) is 2.82. The quantitative estimate of drug-likeness (QED) is 0.0167. The zero-order valence-corrected chi connectivity index (χ0v) is 57.9. The number of halogens is 1. The van der Waals surface area contributed by atoms with Gasteiger partial charge >= 0.3 is 0 Å². The molecule has 0 spiro atoms. The van der Waals surface area contributed by atoms with E-state index in [1.54, 1.807) is 24.3 Å². The second kappa shape index (κ2) is 37.7. The Hall–Kier alpha value is -13.6. The fourth-order valence-electron chi connectivity index (χ4n) is 10.0. The van der Waals surface area contributed by atoms with Crippen LogP contribution in [0.3, 0.4) is 0 Å². The number of benzene rings is 8. The molecule has 540 valence electrons. The first-order valence-electron chi connectivity index (χ1n) is 33.3. The molecule has 26 N–H and O–H groups in total. The van der Waals surface area contributed by atoms with Crippen molar-refractivity contribution in [3.8, 4) is 0 Å². The van der Waals surface area contributed by atoms with Gasteiger partial charge in [0, 0.05) is 108 Å². The molecule has 4 aromatic heterocycles. The molecule has 0 aliphatic heterocycles. The highest BCUT2D eigenvalue weighted by Gasteiger charge is 2.14. The number of nitrogen functional groups attached to an aromatic ring is 6. The molecule has 0 radical (unpaired) electrons. The average Bonchev–Trinajstić information content (AvgIpc) is 0.852. The van der Waals surface area contributed by atoms with E-state index in [9.17, 15) is 10.2 Å². The van der Waals surface area contributed by atoms with E-state index in [4.69, 9.17) is 34.4 Å². The van der Waals surface area contributed by atoms with Crippen LogP contribution in [0.5, 0.6) is 0 Å². The molecule has 12 rings (SSSR count). The Morgan fingerprint density at radius 3 is 0.648 bits per heavy atom. The van der Waals surface area contributed by atoms with Crippen LogP contribution in [0.1, 0.15) is 22.3 Å². The summed E-state index contributed by atoms with van der Waals surface area (Å²) in [6.07, 6.45) is 2.93. The zero-order valence-electron chi connectivity index (χ0n) is 57.1. The minimum atomic E-state index is -0.0603. The van der Waals surface area contributed by atoms with Gasteiger partial charge in [0.25, 0.3) is 0 Å². The number of anilines is 24. The molecule has 0 amide bonds. The highest BCUT2D eigenvalue weighted by molar-refractivity contribution is 5.85. The van der Waals surface area contributed by atoms with Crippen molar-refractivity contribution in [2.45, 2.75) is 25.7 Å². The van der Waals surface area contributed by atoms with E-state index < -0.39 is 0 Å². The van der Waals surface area contributed by atoms with Gasteiger partial charge in [-0.25, -0.2) is 0 Å². The maximum absolute atomic E-state index is 9.26. The second-order valence-corrected chi connectivity index (χ2v) is 23.4. The third-order valence-corrected chi connectivity index (χ3v) is 15.1. The summed E-state index contributed by atoms with van der Waals surface area (Å²) in [6, 6.07) is 60.8. The molecule has 0 saturated heterocycles. The van der Waals surface area contributed by atoms with Gasteiger partial charge in [0.2, 0.25) is 71.4 Å². The maximum atomic E-state index is 9.26. The average molecular weight is 1440 g/mol. The van der Waals surface area contributed by atoms with Gasteiger partial charge in [-0.05, 0) is 169 Å². The highest BCUT2D eigenvalue weighted by Crippen LogP contribution is 2.26. The first-order valence-corrected chi connectivity index (χ1v) is 33.3. The van der Waals surface area contributed by atoms with Crippen molar-refractivity contribution >= 4 is 152 Å². The number of aliphatic hydroxyl groups is 2. The van der Waals surface area contributed by atoms with Crippen molar-refractivity contribution in [2.24, 2.45) is 0 Å². The molecule has 0 bridgehead atoms. The van der Waals surface area contributed by atoms with Crippen LogP contribution in [0.4, 0.5) is 140 Å². The number of hydrogen-bond acceptors (Lipinski definition) is 32. The number of hydrogen-bond donors (Lipinski definition) is 20. The molecular formula is C72H83ClN30O2. The van der Waals surface area contributed by atoms with Gasteiger partial charge in [0.05, 0.1) is 13.2 Å². The Kier molecular flexibility index (Phi) is 26.6. The predicted molar refractivity (Wildman–Crippen MR) is 424 cm³/mol. The second-order valence-electron chi connectivity index (χ2n) is 23.4. The van der Waals surface area contributed by atoms with Gasteiger partial charge in [-0.3, -0.25) is 0 Å². The normalized spacial score (nSPS) is 10.6. The molecule has 33 heteroatoms. The first kappa shape index (κ1) is 74.1. The summed E-state index contributed by atoms with van der Waals surface area (Å²) in [5.74, 6) is 4.40. The topological polar surface area (TPSA) is 496 Å². The summed E-state index contributed by atoms with van der Waals surface area (Å²) >= 11 is 0. The van der Waals surface area contributed by atoms with Gasteiger partial charge in [0.15, 0.2) is 0 Å². The van der Waals surface area contributed by atoms with Crippen molar-refractivity contribution in [2.75, 3.05) is 151 Å². The third-order valence-electron chi connectivity index (χ3n) is 15.1. The van der Waals surface area contributed by atoms with E-state index in [1.165, 1.54) is 0 Å². The largest absolute Gasteiger partial charge is 0.399 e. The van der Waals surface area contributed by atoms with Crippen LogP contribution in [0.15, 0.2) is 194 Å². The Balaban J connectivity index is 0.000000223. The summed E-state index contributed by atoms with van der Waals surface area (Å²) in [4.78, 5) is 54.2. The van der Waals surface area contributed by atoms with Crippen LogP contribution in [0, 0.1) is 0 Å². The molecule has 0 aliphatic carbocycles. The lowest BCUT2D eigenvalue weighted by molar-refractivity contribution is 0.310. The van der Waals surface area contributed by atoms with Gasteiger partial charge in [-0.2, -0.15) is 59.8 Å². The van der Waals surface area contributed by atoms with Gasteiger partial charge in [-0.1, -0.05) is 72.8 Å². The van der Waals surface area contributed by atoms with Crippen LogP contribution >= 0.6 is 12.4 Å². The van der Waals surface area contributed by atoms with E-state index >= 15 is 0 Å². The van der Waals surface area contributed by atoms with E-state index in [2.05, 4.69) is 124 Å². The standard InChI is InChI=1S/2C36H41N15O.ClH/c2*37-25-11-7-23(8-12-25)15-17-41-32-48-34(51-36(49-32)45-30-6-2-4-27(39)22-30)43-28-13-9-24(10-14-28)16-18-40-31-46-33(42-19-20-52)50-35(47-31)44-29-5-1-3-26(38)21-29;/h2*1-14,21-22,52H,15-20,37-39H2,(H3,40,42,44,46,47,50)(H3,41,43,45,48,49,51);1H. The number of aliphatic hydroxyl groups excluding tert-OH is 2. The molecule has 0 saturated carbocycles. The van der Waals surface area contributed by atoms with Crippen LogP contribution in [0.2, 0.25) is 0 Å². The lowest BCUT2D eigenvalue weighted by atomic mass is 10.1. The van der Waals surface area contributed by atoms with Crippen molar-refractivity contribution in [1.82, 2.24) is 59.8 Å². The summed E-state index contributed by atoms with van der Waals surface area (Å²) in [7, 11) is 0. The number of nitrogens with one attached hydrogen (secondary N) is 12. The Morgan fingerprint density at radius 1 is 0.219 bits per heavy atom. The molecular weight excluding hydrogens is 1350 g/mol. The molecule has 4 heterocycles. The Morgan fingerprint density at radius 2 is 0.419 bits per heavy atom. The molecule has 0 fully saturated rings. The fourth-order valence-corrected chi connectivity index (χ4v) is 10.0. The predicted octanol–water partition coefficient (Wildman–Crippen LogP) is 9.92. The van der Waals surface area contributed by atoms with Crippen LogP contribution in [-0.2, 0) is 25.7 Å². The maximum Gasteiger partial charge on any atom is 0.233 e. The van der Waals surface area contributed by atoms with Crippen LogP contribution in [-0.4, -0.2) is 123 Å². The number of aromatic nitrogens is 12. The van der Waals surface area contributed by atoms with Crippen molar-refractivity contribution in [3.05, 3.63) is 216 Å². The third kappa shape index (κ3) is 24.3. The minimum absolute atomic E-state index is 0. The fraction of sp³-hybridized carbons (Fsp3) is 0.167. The highest BCUT2D eigenvalue weighted by atomic mass is 35.5. The Labute approximate surface area is 611 Å². The number of rotatable bonds is 34. The molecule has 12 aromatic rings. The Bertz CT molecular complexity index is 4420. The van der Waals surface area contributed by atoms with Crippen LogP contribution < -0.4 is 98.2 Å². The molecule has 0 unspecified atom stereocenters. The lowest BCUT2D eigenvalue weighted by Crippen LogP contribution is -2.14. The minimum Gasteiger partial charge on any atom is -0.399 e.